The molecular weight excluding hydrogens is 318 g/mol. The third-order valence-corrected chi connectivity index (χ3v) is 4.43. The number of rotatable bonds is 4. The smallest absolute Gasteiger partial charge is 0.274 e. The molecule has 1 fully saturated rings. The van der Waals surface area contributed by atoms with E-state index >= 15 is 0 Å². The first-order valence-electron chi connectivity index (χ1n) is 8.28. The van der Waals surface area contributed by atoms with Gasteiger partial charge < -0.3 is 9.80 Å². The monoisotopic (exact) mass is 339 g/mol. The van der Waals surface area contributed by atoms with Crippen molar-refractivity contribution in [3.8, 4) is 0 Å². The summed E-state index contributed by atoms with van der Waals surface area (Å²) in [5.41, 5.74) is 4.07. The van der Waals surface area contributed by atoms with Crippen LogP contribution in [-0.4, -0.2) is 48.1 Å². The van der Waals surface area contributed by atoms with Gasteiger partial charge in [-0.2, -0.15) is 0 Å². The molecule has 25 heavy (non-hydrogen) atoms. The van der Waals surface area contributed by atoms with Gasteiger partial charge in [0.15, 0.2) is 0 Å². The molecule has 2 N–H and O–H groups in total. The fraction of sp³-hybridized carbons (Fsp3) is 0.263. The highest BCUT2D eigenvalue weighted by atomic mass is 16.5. The van der Waals surface area contributed by atoms with Crippen LogP contribution in [0.1, 0.15) is 15.9 Å². The van der Waals surface area contributed by atoms with Crippen molar-refractivity contribution in [2.75, 3.05) is 31.1 Å². The van der Waals surface area contributed by atoms with E-state index < -0.39 is 5.91 Å². The summed E-state index contributed by atoms with van der Waals surface area (Å²) in [5, 5.41) is 8.65. The van der Waals surface area contributed by atoms with Crippen molar-refractivity contribution in [2.45, 2.75) is 6.42 Å². The van der Waals surface area contributed by atoms with Crippen LogP contribution in [0.2, 0.25) is 0 Å². The topological polar surface area (TPSA) is 72.9 Å². The summed E-state index contributed by atoms with van der Waals surface area (Å²) >= 11 is 0. The van der Waals surface area contributed by atoms with Crippen molar-refractivity contribution in [1.29, 1.82) is 0 Å². The molecule has 0 aliphatic carbocycles. The Balaban J connectivity index is 1.54. The first-order valence-corrected chi connectivity index (χ1v) is 8.28. The van der Waals surface area contributed by atoms with E-state index in [2.05, 4.69) is 4.90 Å². The van der Waals surface area contributed by atoms with Crippen LogP contribution in [0, 0.1) is 0 Å². The lowest BCUT2D eigenvalue weighted by Crippen LogP contribution is -2.49. The molecule has 0 radical (unpaired) electrons. The van der Waals surface area contributed by atoms with Crippen molar-refractivity contribution in [1.82, 2.24) is 10.4 Å². The number of amides is 2. The zero-order valence-corrected chi connectivity index (χ0v) is 13.9. The van der Waals surface area contributed by atoms with Crippen molar-refractivity contribution in [2.24, 2.45) is 0 Å². The Labute approximate surface area is 146 Å². The molecule has 0 unspecified atom stereocenters. The Morgan fingerprint density at radius 3 is 2.16 bits per heavy atom. The van der Waals surface area contributed by atoms with Gasteiger partial charge in [0, 0.05) is 37.4 Å². The van der Waals surface area contributed by atoms with Crippen LogP contribution in [0.5, 0.6) is 0 Å². The first kappa shape index (κ1) is 17.0. The average molecular weight is 339 g/mol. The highest BCUT2D eigenvalue weighted by Gasteiger charge is 2.21. The molecule has 1 heterocycles. The van der Waals surface area contributed by atoms with Crippen LogP contribution in [0.4, 0.5) is 5.69 Å². The maximum absolute atomic E-state index is 12.4. The fourth-order valence-corrected chi connectivity index (χ4v) is 2.98. The molecule has 0 bridgehead atoms. The predicted octanol–water partition coefficient (Wildman–Crippen LogP) is 1.70. The molecule has 1 aliphatic rings. The summed E-state index contributed by atoms with van der Waals surface area (Å²) in [7, 11) is 0. The largest absolute Gasteiger partial charge is 0.368 e. The Hall–Kier alpha value is -2.86. The van der Waals surface area contributed by atoms with Gasteiger partial charge in [-0.15, -0.1) is 0 Å². The molecule has 1 aliphatic heterocycles. The second-order valence-electron chi connectivity index (χ2n) is 6.02. The normalized spacial score (nSPS) is 14.3. The van der Waals surface area contributed by atoms with Crippen LogP contribution in [0.3, 0.4) is 0 Å². The lowest BCUT2D eigenvalue weighted by Gasteiger charge is -2.36. The number of anilines is 1. The molecule has 6 nitrogen and oxygen atoms in total. The minimum Gasteiger partial charge on any atom is -0.368 e. The van der Waals surface area contributed by atoms with E-state index in [1.165, 1.54) is 0 Å². The summed E-state index contributed by atoms with van der Waals surface area (Å²) < 4.78 is 0. The molecule has 2 aromatic carbocycles. The maximum atomic E-state index is 12.4. The fourth-order valence-electron chi connectivity index (χ4n) is 2.98. The number of piperazine rings is 1. The molecule has 1 saturated heterocycles. The Bertz CT molecular complexity index is 723. The SMILES string of the molecule is O=C(NO)c1ccc(N2CCN(C(=O)Cc3ccccc3)CC2)cc1. The van der Waals surface area contributed by atoms with Gasteiger partial charge in [-0.3, -0.25) is 14.8 Å². The molecule has 3 rings (SSSR count). The van der Waals surface area contributed by atoms with Crippen LogP contribution in [0.15, 0.2) is 54.6 Å². The molecule has 0 atom stereocenters. The van der Waals surface area contributed by atoms with Crippen molar-refractivity contribution in [3.63, 3.8) is 0 Å². The van der Waals surface area contributed by atoms with Crippen molar-refractivity contribution < 1.29 is 14.8 Å². The number of nitrogens with zero attached hydrogens (tertiary/aromatic N) is 2. The van der Waals surface area contributed by atoms with E-state index in [9.17, 15) is 9.59 Å². The maximum Gasteiger partial charge on any atom is 0.274 e. The lowest BCUT2D eigenvalue weighted by atomic mass is 10.1. The Morgan fingerprint density at radius 1 is 0.920 bits per heavy atom. The van der Waals surface area contributed by atoms with Gasteiger partial charge in [0.05, 0.1) is 6.42 Å². The lowest BCUT2D eigenvalue weighted by molar-refractivity contribution is -0.130. The van der Waals surface area contributed by atoms with E-state index in [4.69, 9.17) is 5.21 Å². The minimum absolute atomic E-state index is 0.154. The molecule has 2 aromatic rings. The number of carbonyl (C=O) groups excluding carboxylic acids is 2. The molecular formula is C19H21N3O3. The highest BCUT2D eigenvalue weighted by molar-refractivity contribution is 5.93. The van der Waals surface area contributed by atoms with Gasteiger partial charge >= 0.3 is 0 Å². The Kier molecular flexibility index (Phi) is 5.30. The average Bonchev–Trinajstić information content (AvgIpc) is 2.68. The molecule has 0 aromatic heterocycles. The molecule has 0 saturated carbocycles. The van der Waals surface area contributed by atoms with E-state index in [1.54, 1.807) is 17.6 Å². The van der Waals surface area contributed by atoms with Gasteiger partial charge in [-0.25, -0.2) is 5.48 Å². The predicted molar refractivity (Wildman–Crippen MR) is 94.6 cm³/mol. The number of hydrogen-bond acceptors (Lipinski definition) is 4. The Morgan fingerprint density at radius 2 is 1.56 bits per heavy atom. The van der Waals surface area contributed by atoms with Crippen LogP contribution in [-0.2, 0) is 11.2 Å². The molecule has 6 heteroatoms. The van der Waals surface area contributed by atoms with Gasteiger partial charge in [0.25, 0.3) is 5.91 Å². The summed E-state index contributed by atoms with van der Waals surface area (Å²) in [6, 6.07) is 16.8. The van der Waals surface area contributed by atoms with E-state index in [0.29, 0.717) is 25.1 Å². The zero-order valence-electron chi connectivity index (χ0n) is 13.9. The van der Waals surface area contributed by atoms with Crippen molar-refractivity contribution >= 4 is 17.5 Å². The van der Waals surface area contributed by atoms with E-state index in [-0.39, 0.29) is 5.91 Å². The van der Waals surface area contributed by atoms with E-state index in [1.807, 2.05) is 47.4 Å². The number of nitrogens with one attached hydrogen (secondary N) is 1. The third kappa shape index (κ3) is 4.16. The standard InChI is InChI=1S/C19H21N3O3/c23-18(14-15-4-2-1-3-5-15)22-12-10-21(11-13-22)17-8-6-16(7-9-17)19(24)20-25/h1-9,25H,10-14H2,(H,20,24). The van der Waals surface area contributed by atoms with Crippen LogP contribution < -0.4 is 10.4 Å². The quantitative estimate of drug-likeness (QED) is 0.657. The van der Waals surface area contributed by atoms with Gasteiger partial charge in [0.2, 0.25) is 5.91 Å². The summed E-state index contributed by atoms with van der Waals surface area (Å²) in [5.74, 6) is -0.372. The van der Waals surface area contributed by atoms with Crippen LogP contribution >= 0.6 is 0 Å². The summed E-state index contributed by atoms with van der Waals surface area (Å²) in [6.07, 6.45) is 0.436. The number of carbonyl (C=O) groups is 2. The highest BCUT2D eigenvalue weighted by Crippen LogP contribution is 2.18. The van der Waals surface area contributed by atoms with Gasteiger partial charge in [-0.05, 0) is 29.8 Å². The number of hydrogen-bond donors (Lipinski definition) is 2. The van der Waals surface area contributed by atoms with Gasteiger partial charge in [-0.1, -0.05) is 30.3 Å². The van der Waals surface area contributed by atoms with Crippen LogP contribution in [0.25, 0.3) is 0 Å². The van der Waals surface area contributed by atoms with E-state index in [0.717, 1.165) is 24.3 Å². The zero-order chi connectivity index (χ0) is 17.6. The van der Waals surface area contributed by atoms with Crippen molar-refractivity contribution in [3.05, 3.63) is 65.7 Å². The molecule has 2 amide bonds. The number of hydroxylamine groups is 1. The summed E-state index contributed by atoms with van der Waals surface area (Å²) in [6.45, 7) is 2.88. The molecule has 130 valence electrons. The van der Waals surface area contributed by atoms with Gasteiger partial charge in [0.1, 0.15) is 0 Å². The first-order chi connectivity index (χ1) is 12.2. The molecule has 0 spiro atoms. The number of benzene rings is 2. The third-order valence-electron chi connectivity index (χ3n) is 4.43. The minimum atomic E-state index is -0.525. The second kappa shape index (κ2) is 7.81. The second-order valence-corrected chi connectivity index (χ2v) is 6.02. The summed E-state index contributed by atoms with van der Waals surface area (Å²) in [4.78, 5) is 27.8.